The van der Waals surface area contributed by atoms with Crippen molar-refractivity contribution in [2.45, 2.75) is 41.5 Å². The molecule has 0 amide bonds. The Balaban J connectivity index is -0.000000328. The van der Waals surface area contributed by atoms with Gasteiger partial charge in [0.15, 0.2) is 0 Å². The van der Waals surface area contributed by atoms with E-state index in [1.165, 1.54) is 7.05 Å². The van der Waals surface area contributed by atoms with Crippen molar-refractivity contribution in [3.63, 3.8) is 0 Å². The highest BCUT2D eigenvalue weighted by atomic mass is 32.2. The lowest BCUT2D eigenvalue weighted by atomic mass is 10.3. The highest BCUT2D eigenvalue weighted by molar-refractivity contribution is 7.90. The number of nitrogens with one attached hydrogen (secondary N) is 2. The van der Waals surface area contributed by atoms with Gasteiger partial charge < -0.3 is 0 Å². The van der Waals surface area contributed by atoms with Crippen LogP contribution in [0.5, 0.6) is 0 Å². The van der Waals surface area contributed by atoms with Gasteiger partial charge in [-0.3, -0.25) is 4.72 Å². The molecule has 1 aromatic rings. The zero-order chi connectivity index (χ0) is 15.0. The predicted octanol–water partition coefficient (Wildman–Crippen LogP) is 3.64. The molecule has 18 heavy (non-hydrogen) atoms. The van der Waals surface area contributed by atoms with Crippen molar-refractivity contribution in [2.75, 3.05) is 11.8 Å². The summed E-state index contributed by atoms with van der Waals surface area (Å²) in [5, 5.41) is 0. The van der Waals surface area contributed by atoms with Gasteiger partial charge in [0.1, 0.15) is 0 Å². The molecule has 0 unspecified atom stereocenters. The summed E-state index contributed by atoms with van der Waals surface area (Å²) in [6.45, 7) is 12.0. The second-order valence-electron chi connectivity index (χ2n) is 2.18. The van der Waals surface area contributed by atoms with Gasteiger partial charge in [-0.1, -0.05) is 59.7 Å². The molecule has 0 radical (unpaired) electrons. The van der Waals surface area contributed by atoms with Gasteiger partial charge >= 0.3 is 0 Å². The fraction of sp³-hybridized carbons (Fsp3) is 0.538. The molecule has 0 aromatic heterocycles. The minimum atomic E-state index is -3.37. The number of hydrogen-bond acceptors (Lipinski definition) is 2. The van der Waals surface area contributed by atoms with E-state index in [9.17, 15) is 8.42 Å². The minimum absolute atomic E-state index is 0.548. The first-order valence-corrected chi connectivity index (χ1v) is 7.89. The SMILES string of the molecule is CC.CC.CC.CNS(=O)(=O)Nc1ccccc1. The molecule has 4 nitrogen and oxygen atoms in total. The smallest absolute Gasteiger partial charge is 0.271 e. The van der Waals surface area contributed by atoms with Crippen LogP contribution >= 0.6 is 0 Å². The van der Waals surface area contributed by atoms with Crippen molar-refractivity contribution < 1.29 is 8.42 Å². The van der Waals surface area contributed by atoms with Gasteiger partial charge in [-0.2, -0.15) is 8.42 Å². The molecule has 0 aliphatic rings. The van der Waals surface area contributed by atoms with Gasteiger partial charge in [-0.05, 0) is 12.1 Å². The molecule has 2 N–H and O–H groups in total. The lowest BCUT2D eigenvalue weighted by Gasteiger charge is -2.04. The maximum Gasteiger partial charge on any atom is 0.298 e. The molecule has 0 aliphatic heterocycles. The highest BCUT2D eigenvalue weighted by Crippen LogP contribution is 2.05. The quantitative estimate of drug-likeness (QED) is 0.885. The fourth-order valence-electron chi connectivity index (χ4n) is 0.712. The monoisotopic (exact) mass is 276 g/mol. The third-order valence-electron chi connectivity index (χ3n) is 1.29. The molecule has 0 aliphatic carbocycles. The van der Waals surface area contributed by atoms with E-state index in [1.54, 1.807) is 24.3 Å². The maximum absolute atomic E-state index is 10.9. The summed E-state index contributed by atoms with van der Waals surface area (Å²) in [7, 11) is -2.02. The summed E-state index contributed by atoms with van der Waals surface area (Å²) in [6.07, 6.45) is 0. The molecule has 0 spiro atoms. The summed E-state index contributed by atoms with van der Waals surface area (Å²) < 4.78 is 26.4. The van der Waals surface area contributed by atoms with Crippen molar-refractivity contribution in [2.24, 2.45) is 0 Å². The Kier molecular flexibility index (Phi) is 19.6. The van der Waals surface area contributed by atoms with E-state index < -0.39 is 10.2 Å². The molecule has 1 rings (SSSR count). The van der Waals surface area contributed by atoms with Crippen LogP contribution in [0.25, 0.3) is 0 Å². The van der Waals surface area contributed by atoms with Crippen LogP contribution in [0.2, 0.25) is 0 Å². The van der Waals surface area contributed by atoms with Crippen LogP contribution in [0.4, 0.5) is 5.69 Å². The second kappa shape index (κ2) is 15.9. The molecule has 0 fully saturated rings. The van der Waals surface area contributed by atoms with E-state index in [1.807, 2.05) is 47.6 Å². The fourth-order valence-corrected chi connectivity index (χ4v) is 1.26. The van der Waals surface area contributed by atoms with Gasteiger partial charge in [0.2, 0.25) is 0 Å². The lowest BCUT2D eigenvalue weighted by molar-refractivity contribution is 0.593. The number of anilines is 1. The molecule has 5 heteroatoms. The lowest BCUT2D eigenvalue weighted by Crippen LogP contribution is -2.26. The third kappa shape index (κ3) is 13.0. The average molecular weight is 276 g/mol. The van der Waals surface area contributed by atoms with Crippen LogP contribution in [0.15, 0.2) is 30.3 Å². The topological polar surface area (TPSA) is 58.2 Å². The van der Waals surface area contributed by atoms with E-state index in [-0.39, 0.29) is 0 Å². The number of para-hydroxylation sites is 1. The third-order valence-corrected chi connectivity index (χ3v) is 2.34. The summed E-state index contributed by atoms with van der Waals surface area (Å²) in [6, 6.07) is 8.68. The molecule has 0 saturated heterocycles. The first-order chi connectivity index (χ1) is 8.64. The molecule has 0 saturated carbocycles. The Labute approximate surface area is 113 Å². The minimum Gasteiger partial charge on any atom is -0.271 e. The first-order valence-electron chi connectivity index (χ1n) is 6.40. The van der Waals surface area contributed by atoms with Crippen molar-refractivity contribution in [1.82, 2.24) is 4.72 Å². The standard InChI is InChI=1S/C7H10N2O2S.3C2H6/c1-8-12(10,11)9-7-5-3-2-4-6-7;3*1-2/h2-6,8-9H,1H3;3*1-2H3. The number of rotatable bonds is 3. The van der Waals surface area contributed by atoms with Crippen LogP contribution in [0.1, 0.15) is 41.5 Å². The Morgan fingerprint density at radius 1 is 0.833 bits per heavy atom. The van der Waals surface area contributed by atoms with Gasteiger partial charge in [0.05, 0.1) is 0 Å². The first kappa shape index (κ1) is 22.1. The van der Waals surface area contributed by atoms with Gasteiger partial charge in [-0.15, -0.1) is 0 Å². The van der Waals surface area contributed by atoms with E-state index in [0.717, 1.165) is 0 Å². The van der Waals surface area contributed by atoms with Crippen molar-refractivity contribution in [3.8, 4) is 0 Å². The van der Waals surface area contributed by atoms with Crippen LogP contribution in [-0.4, -0.2) is 15.5 Å². The van der Waals surface area contributed by atoms with E-state index >= 15 is 0 Å². The molecule has 108 valence electrons. The zero-order valence-corrected chi connectivity index (χ0v) is 13.4. The largest absolute Gasteiger partial charge is 0.298 e. The molecular formula is C13H28N2O2S. The van der Waals surface area contributed by atoms with Gasteiger partial charge in [-0.25, -0.2) is 4.72 Å². The summed E-state index contributed by atoms with van der Waals surface area (Å²) in [4.78, 5) is 0. The molecule has 1 aromatic carbocycles. The molecule has 0 heterocycles. The van der Waals surface area contributed by atoms with Crippen molar-refractivity contribution in [3.05, 3.63) is 30.3 Å². The Bertz CT molecular complexity index is 337. The van der Waals surface area contributed by atoms with E-state index in [4.69, 9.17) is 0 Å². The van der Waals surface area contributed by atoms with Crippen LogP contribution in [0.3, 0.4) is 0 Å². The van der Waals surface area contributed by atoms with Gasteiger partial charge in [0.25, 0.3) is 10.2 Å². The van der Waals surface area contributed by atoms with Crippen molar-refractivity contribution >= 4 is 15.9 Å². The molecule has 0 atom stereocenters. The summed E-state index contributed by atoms with van der Waals surface area (Å²) in [5.74, 6) is 0. The summed E-state index contributed by atoms with van der Waals surface area (Å²) >= 11 is 0. The Morgan fingerprint density at radius 3 is 1.56 bits per heavy atom. The van der Waals surface area contributed by atoms with Crippen LogP contribution in [0, 0.1) is 0 Å². The van der Waals surface area contributed by atoms with Gasteiger partial charge in [0, 0.05) is 12.7 Å². The molecular weight excluding hydrogens is 248 g/mol. The van der Waals surface area contributed by atoms with E-state index in [0.29, 0.717) is 5.69 Å². The van der Waals surface area contributed by atoms with Crippen LogP contribution < -0.4 is 9.44 Å². The van der Waals surface area contributed by atoms with E-state index in [2.05, 4.69) is 9.44 Å². The zero-order valence-electron chi connectivity index (χ0n) is 12.6. The average Bonchev–Trinajstić information content (AvgIpc) is 2.46. The Morgan fingerprint density at radius 2 is 1.22 bits per heavy atom. The predicted molar refractivity (Wildman–Crippen MR) is 82.1 cm³/mol. The maximum atomic E-state index is 10.9. The van der Waals surface area contributed by atoms with Crippen LogP contribution in [-0.2, 0) is 10.2 Å². The second-order valence-corrected chi connectivity index (χ2v) is 3.79. The number of hydrogen-bond donors (Lipinski definition) is 2. The normalized spacial score (nSPS) is 8.39. The van der Waals surface area contributed by atoms with Crippen molar-refractivity contribution in [1.29, 1.82) is 0 Å². The highest BCUT2D eigenvalue weighted by Gasteiger charge is 2.03. The number of benzene rings is 1. The Hall–Kier alpha value is -1.07. The molecule has 0 bridgehead atoms. The summed E-state index contributed by atoms with van der Waals surface area (Å²) in [5.41, 5.74) is 0.548.